The molecule has 100 valence electrons. The maximum atomic E-state index is 11.0. The van der Waals surface area contributed by atoms with E-state index in [1.54, 1.807) is 11.1 Å². The molecule has 0 radical (unpaired) electrons. The minimum Gasteiger partial charge on any atom is -0.480 e. The molecule has 0 saturated heterocycles. The normalized spacial score (nSPS) is 10.9. The SMILES string of the molecule is CC(C)N(CC(=O)O)c1nccc2c(Br)cccc12. The number of hydrogen-bond acceptors (Lipinski definition) is 3. The third-order valence-electron chi connectivity index (χ3n) is 2.93. The molecule has 2 rings (SSSR count). The highest BCUT2D eigenvalue weighted by Gasteiger charge is 2.18. The van der Waals surface area contributed by atoms with Gasteiger partial charge in [-0.1, -0.05) is 28.1 Å². The van der Waals surface area contributed by atoms with Crippen LogP contribution in [-0.4, -0.2) is 28.6 Å². The van der Waals surface area contributed by atoms with E-state index in [-0.39, 0.29) is 12.6 Å². The van der Waals surface area contributed by atoms with Crippen LogP contribution in [0.1, 0.15) is 13.8 Å². The summed E-state index contributed by atoms with van der Waals surface area (Å²) in [6.45, 7) is 3.86. The number of hydrogen-bond donors (Lipinski definition) is 1. The summed E-state index contributed by atoms with van der Waals surface area (Å²) in [6, 6.07) is 7.83. The van der Waals surface area contributed by atoms with Crippen molar-refractivity contribution in [3.05, 3.63) is 34.9 Å². The Balaban J connectivity index is 2.60. The molecule has 0 aliphatic heterocycles. The number of carboxylic acids is 1. The lowest BCUT2D eigenvalue weighted by molar-refractivity contribution is -0.135. The molecule has 1 heterocycles. The quantitative estimate of drug-likeness (QED) is 0.938. The Morgan fingerprint density at radius 1 is 1.37 bits per heavy atom. The first-order valence-corrected chi connectivity index (χ1v) is 6.81. The van der Waals surface area contributed by atoms with Crippen molar-refractivity contribution in [2.24, 2.45) is 0 Å². The van der Waals surface area contributed by atoms with E-state index in [1.807, 2.05) is 38.1 Å². The van der Waals surface area contributed by atoms with Gasteiger partial charge in [0.25, 0.3) is 0 Å². The van der Waals surface area contributed by atoms with Gasteiger partial charge in [-0.05, 0) is 26.0 Å². The number of rotatable bonds is 4. The first-order valence-electron chi connectivity index (χ1n) is 6.02. The molecule has 5 heteroatoms. The molecule has 0 saturated carbocycles. The maximum absolute atomic E-state index is 11.0. The third kappa shape index (κ3) is 2.87. The zero-order chi connectivity index (χ0) is 14.0. The lowest BCUT2D eigenvalue weighted by Gasteiger charge is -2.27. The van der Waals surface area contributed by atoms with Crippen LogP contribution in [0.25, 0.3) is 10.8 Å². The van der Waals surface area contributed by atoms with Crippen molar-refractivity contribution in [1.82, 2.24) is 4.98 Å². The molecule has 2 aromatic rings. The lowest BCUT2D eigenvalue weighted by atomic mass is 10.1. The highest BCUT2D eigenvalue weighted by atomic mass is 79.9. The fourth-order valence-electron chi connectivity index (χ4n) is 2.03. The molecule has 1 N–H and O–H groups in total. The fraction of sp³-hybridized carbons (Fsp3) is 0.286. The number of halogens is 1. The number of benzene rings is 1. The number of anilines is 1. The highest BCUT2D eigenvalue weighted by molar-refractivity contribution is 9.10. The van der Waals surface area contributed by atoms with Gasteiger partial charge in [0.1, 0.15) is 12.4 Å². The molecule has 0 bridgehead atoms. The number of pyridine rings is 1. The maximum Gasteiger partial charge on any atom is 0.323 e. The van der Waals surface area contributed by atoms with Gasteiger partial charge in [0.05, 0.1) is 0 Å². The van der Waals surface area contributed by atoms with E-state index in [1.165, 1.54) is 0 Å². The topological polar surface area (TPSA) is 53.4 Å². The van der Waals surface area contributed by atoms with Crippen molar-refractivity contribution in [2.75, 3.05) is 11.4 Å². The van der Waals surface area contributed by atoms with Gasteiger partial charge in [0.15, 0.2) is 0 Å². The van der Waals surface area contributed by atoms with E-state index in [4.69, 9.17) is 5.11 Å². The predicted octanol–water partition coefficient (Wildman–Crippen LogP) is 3.30. The smallest absolute Gasteiger partial charge is 0.323 e. The fourth-order valence-corrected chi connectivity index (χ4v) is 2.53. The Bertz CT molecular complexity index is 613. The summed E-state index contributed by atoms with van der Waals surface area (Å²) in [5.74, 6) is -0.154. The van der Waals surface area contributed by atoms with Gasteiger partial charge in [0.2, 0.25) is 0 Å². The predicted molar refractivity (Wildman–Crippen MR) is 79.6 cm³/mol. The highest BCUT2D eigenvalue weighted by Crippen LogP contribution is 2.30. The standard InChI is InChI=1S/C14H15BrN2O2/c1-9(2)17(8-13(18)19)14-11-4-3-5-12(15)10(11)6-7-16-14/h3-7,9H,8H2,1-2H3,(H,18,19). The second-order valence-electron chi connectivity index (χ2n) is 4.58. The molecule has 0 aliphatic carbocycles. The van der Waals surface area contributed by atoms with Gasteiger partial charge in [-0.2, -0.15) is 0 Å². The van der Waals surface area contributed by atoms with Crippen LogP contribution in [0.15, 0.2) is 34.9 Å². The molecule has 4 nitrogen and oxygen atoms in total. The first-order chi connectivity index (χ1) is 9.00. The summed E-state index contributed by atoms with van der Waals surface area (Å²) < 4.78 is 0.979. The summed E-state index contributed by atoms with van der Waals surface area (Å²) >= 11 is 3.51. The van der Waals surface area contributed by atoms with Crippen LogP contribution in [0.2, 0.25) is 0 Å². The Morgan fingerprint density at radius 3 is 2.74 bits per heavy atom. The second-order valence-corrected chi connectivity index (χ2v) is 5.44. The Hall–Kier alpha value is -1.62. The van der Waals surface area contributed by atoms with Gasteiger partial charge >= 0.3 is 5.97 Å². The molecule has 1 aromatic heterocycles. The van der Waals surface area contributed by atoms with Crippen LogP contribution in [0.5, 0.6) is 0 Å². The second kappa shape index (κ2) is 5.57. The molecule has 19 heavy (non-hydrogen) atoms. The first kappa shape index (κ1) is 13.8. The van der Waals surface area contributed by atoms with Crippen LogP contribution in [-0.2, 0) is 4.79 Å². The van der Waals surface area contributed by atoms with E-state index in [2.05, 4.69) is 20.9 Å². The molecule has 1 aromatic carbocycles. The molecule has 0 fully saturated rings. The van der Waals surface area contributed by atoms with Crippen molar-refractivity contribution in [1.29, 1.82) is 0 Å². The molecule has 0 aliphatic rings. The summed E-state index contributed by atoms with van der Waals surface area (Å²) in [6.07, 6.45) is 1.71. The van der Waals surface area contributed by atoms with E-state index in [0.717, 1.165) is 15.2 Å². The third-order valence-corrected chi connectivity index (χ3v) is 3.62. The monoisotopic (exact) mass is 322 g/mol. The summed E-state index contributed by atoms with van der Waals surface area (Å²) in [7, 11) is 0. The van der Waals surface area contributed by atoms with Crippen molar-refractivity contribution in [3.8, 4) is 0 Å². The molecule has 0 amide bonds. The Labute approximate surface area is 120 Å². The Kier molecular flexibility index (Phi) is 4.04. The van der Waals surface area contributed by atoms with Gasteiger partial charge in [0, 0.05) is 27.5 Å². The minimum absolute atomic E-state index is 0.0592. The minimum atomic E-state index is -0.859. The van der Waals surface area contributed by atoms with Crippen molar-refractivity contribution in [3.63, 3.8) is 0 Å². The average molecular weight is 323 g/mol. The zero-order valence-corrected chi connectivity index (χ0v) is 12.4. The number of aliphatic carboxylic acids is 1. The van der Waals surface area contributed by atoms with Gasteiger partial charge in [-0.25, -0.2) is 4.98 Å². The number of nitrogens with zero attached hydrogens (tertiary/aromatic N) is 2. The van der Waals surface area contributed by atoms with Crippen LogP contribution >= 0.6 is 15.9 Å². The van der Waals surface area contributed by atoms with Crippen LogP contribution in [0.3, 0.4) is 0 Å². The van der Waals surface area contributed by atoms with Crippen LogP contribution in [0.4, 0.5) is 5.82 Å². The van der Waals surface area contributed by atoms with E-state index >= 15 is 0 Å². The van der Waals surface area contributed by atoms with Crippen LogP contribution in [0, 0.1) is 0 Å². The zero-order valence-electron chi connectivity index (χ0n) is 10.8. The number of carbonyl (C=O) groups is 1. The number of carboxylic acid groups (broad SMARTS) is 1. The van der Waals surface area contributed by atoms with E-state index < -0.39 is 5.97 Å². The lowest BCUT2D eigenvalue weighted by Crippen LogP contribution is -2.36. The van der Waals surface area contributed by atoms with Crippen molar-refractivity contribution < 1.29 is 9.90 Å². The molecular formula is C14H15BrN2O2. The molecule has 0 spiro atoms. The average Bonchev–Trinajstić information content (AvgIpc) is 2.35. The van der Waals surface area contributed by atoms with Gasteiger partial charge < -0.3 is 10.0 Å². The number of fused-ring (bicyclic) bond motifs is 1. The van der Waals surface area contributed by atoms with E-state index in [9.17, 15) is 4.79 Å². The molecule has 0 unspecified atom stereocenters. The van der Waals surface area contributed by atoms with Crippen molar-refractivity contribution >= 4 is 38.5 Å². The summed E-state index contributed by atoms with van der Waals surface area (Å²) in [5, 5.41) is 11.0. The summed E-state index contributed by atoms with van der Waals surface area (Å²) in [5.41, 5.74) is 0. The van der Waals surface area contributed by atoms with Crippen LogP contribution < -0.4 is 4.90 Å². The van der Waals surface area contributed by atoms with Gasteiger partial charge in [-0.3, -0.25) is 4.79 Å². The van der Waals surface area contributed by atoms with Crippen molar-refractivity contribution in [2.45, 2.75) is 19.9 Å². The Morgan fingerprint density at radius 2 is 2.11 bits per heavy atom. The van der Waals surface area contributed by atoms with Gasteiger partial charge in [-0.15, -0.1) is 0 Å². The molecule has 0 atom stereocenters. The molecular weight excluding hydrogens is 308 g/mol. The van der Waals surface area contributed by atoms with E-state index in [0.29, 0.717) is 5.82 Å². The number of aromatic nitrogens is 1. The summed E-state index contributed by atoms with van der Waals surface area (Å²) in [4.78, 5) is 17.2. The largest absolute Gasteiger partial charge is 0.480 e.